The first-order valence-corrected chi connectivity index (χ1v) is 9.58. The number of ether oxygens (including phenoxy) is 1. The van der Waals surface area contributed by atoms with E-state index >= 15 is 0 Å². The van der Waals surface area contributed by atoms with E-state index < -0.39 is 22.8 Å². The van der Waals surface area contributed by atoms with Gasteiger partial charge in [-0.1, -0.05) is 11.6 Å². The Morgan fingerprint density at radius 2 is 1.75 bits per heavy atom. The number of aromatic nitrogens is 1. The number of benzene rings is 2. The summed E-state index contributed by atoms with van der Waals surface area (Å²) in [5.41, 5.74) is 12.5. The maximum Gasteiger partial charge on any atom is 0.417 e. The maximum atomic E-state index is 13.0. The van der Waals surface area contributed by atoms with Crippen molar-refractivity contribution < 1.29 is 22.7 Å². The first-order valence-electron chi connectivity index (χ1n) is 9.20. The lowest BCUT2D eigenvalue weighted by atomic mass is 10.1. The smallest absolute Gasteiger partial charge is 0.417 e. The quantitative estimate of drug-likeness (QED) is 0.379. The molecule has 0 saturated heterocycles. The second-order valence-corrected chi connectivity index (χ2v) is 7.25. The molecule has 0 bridgehead atoms. The highest BCUT2D eigenvalue weighted by molar-refractivity contribution is 6.31. The molecule has 0 aliphatic heterocycles. The molecule has 3 aromatic rings. The molecule has 0 atom stereocenters. The molecule has 32 heavy (non-hydrogen) atoms. The molecule has 0 radical (unpaired) electrons. The number of alkyl halides is 3. The lowest BCUT2D eigenvalue weighted by Gasteiger charge is -2.17. The number of nitrogens with zero attached hydrogens (tertiary/aromatic N) is 1. The highest BCUT2D eigenvalue weighted by Crippen LogP contribution is 2.37. The van der Waals surface area contributed by atoms with Crippen LogP contribution in [0.2, 0.25) is 5.02 Å². The molecule has 3 rings (SSSR count). The molecule has 2 aromatic carbocycles. The highest BCUT2D eigenvalue weighted by Gasteiger charge is 2.33. The minimum absolute atomic E-state index is 0.0562. The third-order valence-electron chi connectivity index (χ3n) is 4.72. The van der Waals surface area contributed by atoms with Crippen LogP contribution >= 0.6 is 11.6 Å². The summed E-state index contributed by atoms with van der Waals surface area (Å²) in [7, 11) is 0. The Morgan fingerprint density at radius 3 is 2.44 bits per heavy atom. The Balaban J connectivity index is 1.76. The largest absolute Gasteiger partial charge is 0.455 e. The van der Waals surface area contributed by atoms with Gasteiger partial charge < -0.3 is 26.8 Å². The number of carbonyl (C=O) groups is 1. The zero-order chi connectivity index (χ0) is 23.6. The van der Waals surface area contributed by atoms with E-state index in [2.05, 4.69) is 15.6 Å². The number of anilines is 4. The highest BCUT2D eigenvalue weighted by atomic mass is 35.5. The Kier molecular flexibility index (Phi) is 6.35. The van der Waals surface area contributed by atoms with E-state index in [1.54, 1.807) is 32.0 Å². The van der Waals surface area contributed by atoms with E-state index in [0.29, 0.717) is 28.3 Å². The number of nitrogens with one attached hydrogen (secondary N) is 2. The molecule has 168 valence electrons. The molecule has 0 aliphatic rings. The topological polar surface area (TPSA) is 115 Å². The van der Waals surface area contributed by atoms with Crippen molar-refractivity contribution in [2.75, 3.05) is 22.1 Å². The Morgan fingerprint density at radius 1 is 1.03 bits per heavy atom. The second-order valence-electron chi connectivity index (χ2n) is 6.84. The fraction of sp³-hybridized carbons (Fsp3) is 0.143. The number of pyridine rings is 1. The Bertz CT molecular complexity index is 1180. The Hall–Kier alpha value is -3.66. The second kappa shape index (κ2) is 8.83. The van der Waals surface area contributed by atoms with Crippen LogP contribution in [0.15, 0.2) is 42.6 Å². The number of rotatable bonds is 4. The van der Waals surface area contributed by atoms with Gasteiger partial charge in [0.05, 0.1) is 10.6 Å². The van der Waals surface area contributed by atoms with Gasteiger partial charge in [-0.2, -0.15) is 13.2 Å². The third-order valence-corrected chi connectivity index (χ3v) is 5.05. The summed E-state index contributed by atoms with van der Waals surface area (Å²) in [6.07, 6.45) is -3.18. The lowest BCUT2D eigenvalue weighted by molar-refractivity contribution is -0.137. The molecule has 0 unspecified atom stereocenters. The van der Waals surface area contributed by atoms with Crippen molar-refractivity contribution in [2.45, 2.75) is 20.0 Å². The van der Waals surface area contributed by atoms with Crippen molar-refractivity contribution in [2.24, 2.45) is 0 Å². The minimum Gasteiger partial charge on any atom is -0.455 e. The first kappa shape index (κ1) is 23.0. The zero-order valence-corrected chi connectivity index (χ0v) is 17.7. The molecule has 1 aromatic heterocycles. The van der Waals surface area contributed by atoms with Gasteiger partial charge in [-0.05, 0) is 55.3 Å². The van der Waals surface area contributed by atoms with Gasteiger partial charge in [0, 0.05) is 23.6 Å². The van der Waals surface area contributed by atoms with Crippen molar-refractivity contribution in [1.82, 2.24) is 4.98 Å². The van der Waals surface area contributed by atoms with Gasteiger partial charge in [-0.3, -0.25) is 0 Å². The molecule has 0 aliphatic carbocycles. The molecule has 0 spiro atoms. The van der Waals surface area contributed by atoms with Crippen molar-refractivity contribution in [3.63, 3.8) is 0 Å². The number of nitrogens with two attached hydrogens (primary N) is 2. The predicted molar refractivity (Wildman–Crippen MR) is 118 cm³/mol. The summed E-state index contributed by atoms with van der Waals surface area (Å²) < 4.78 is 44.8. The van der Waals surface area contributed by atoms with Gasteiger partial charge in [0.15, 0.2) is 5.75 Å². The van der Waals surface area contributed by atoms with E-state index in [1.165, 1.54) is 12.3 Å². The number of amides is 2. The van der Waals surface area contributed by atoms with Crippen molar-refractivity contribution in [3.05, 3.63) is 64.3 Å². The van der Waals surface area contributed by atoms with Gasteiger partial charge in [0.1, 0.15) is 17.3 Å². The average Bonchev–Trinajstić information content (AvgIpc) is 2.71. The number of hydrogen-bond donors (Lipinski definition) is 4. The number of halogens is 4. The fourth-order valence-electron chi connectivity index (χ4n) is 2.83. The van der Waals surface area contributed by atoms with E-state index in [4.69, 9.17) is 27.8 Å². The number of nitrogen functional groups attached to an aromatic ring is 2. The standard InChI is InChI=1S/C21H19ClF3N5O2/c1-10-11(2)16(32-17-7-8-28-19(27)18(17)26)6-5-15(10)30-20(31)29-12-3-4-14(22)13(9-12)21(23,24)25/h3-9H,26H2,1-2H3,(H2,27,28)(H2,29,30,31). The molecule has 11 heteroatoms. The van der Waals surface area contributed by atoms with E-state index in [9.17, 15) is 18.0 Å². The van der Waals surface area contributed by atoms with Crippen molar-refractivity contribution in [1.29, 1.82) is 0 Å². The summed E-state index contributed by atoms with van der Waals surface area (Å²) in [4.78, 5) is 16.2. The molecular formula is C21H19ClF3N5O2. The summed E-state index contributed by atoms with van der Waals surface area (Å²) in [5, 5.41) is 4.52. The maximum absolute atomic E-state index is 13.0. The number of urea groups is 1. The van der Waals surface area contributed by atoms with Crippen LogP contribution in [0.4, 0.5) is 40.8 Å². The summed E-state index contributed by atoms with van der Waals surface area (Å²) in [6.45, 7) is 3.54. The van der Waals surface area contributed by atoms with Crippen LogP contribution in [0, 0.1) is 13.8 Å². The SMILES string of the molecule is Cc1c(NC(=O)Nc2ccc(Cl)c(C(F)(F)F)c2)ccc(Oc2ccnc(N)c2N)c1C. The van der Waals surface area contributed by atoms with Crippen molar-refractivity contribution in [3.8, 4) is 11.5 Å². The van der Waals surface area contributed by atoms with Gasteiger partial charge in [0.25, 0.3) is 0 Å². The van der Waals surface area contributed by atoms with E-state index in [-0.39, 0.29) is 17.2 Å². The molecule has 1 heterocycles. The molecular weight excluding hydrogens is 447 g/mol. The number of carbonyl (C=O) groups excluding carboxylic acids is 1. The number of hydrogen-bond acceptors (Lipinski definition) is 5. The van der Waals surface area contributed by atoms with Gasteiger partial charge in [0.2, 0.25) is 0 Å². The average molecular weight is 466 g/mol. The molecule has 7 nitrogen and oxygen atoms in total. The fourth-order valence-corrected chi connectivity index (χ4v) is 3.05. The third kappa shape index (κ3) is 4.97. The Labute approximate surface area is 186 Å². The van der Waals surface area contributed by atoms with Crippen LogP contribution in [-0.2, 0) is 6.18 Å². The van der Waals surface area contributed by atoms with Gasteiger partial charge in [-0.15, -0.1) is 0 Å². The summed E-state index contributed by atoms with van der Waals surface area (Å²) in [6, 6.07) is 7.18. The van der Waals surface area contributed by atoms with Crippen LogP contribution in [0.25, 0.3) is 0 Å². The molecule has 0 saturated carbocycles. The normalized spacial score (nSPS) is 11.2. The first-order chi connectivity index (χ1) is 15.0. The molecule has 6 N–H and O–H groups in total. The monoisotopic (exact) mass is 465 g/mol. The molecule has 0 fully saturated rings. The minimum atomic E-state index is -4.64. The van der Waals surface area contributed by atoms with Crippen LogP contribution in [0.3, 0.4) is 0 Å². The summed E-state index contributed by atoms with van der Waals surface area (Å²) in [5.74, 6) is 0.961. The van der Waals surface area contributed by atoms with E-state index in [1.807, 2.05) is 0 Å². The van der Waals surface area contributed by atoms with Crippen LogP contribution < -0.4 is 26.8 Å². The van der Waals surface area contributed by atoms with Crippen molar-refractivity contribution >= 4 is 40.5 Å². The zero-order valence-electron chi connectivity index (χ0n) is 17.0. The molecule has 2 amide bonds. The van der Waals surface area contributed by atoms with Crippen LogP contribution in [0.5, 0.6) is 11.5 Å². The summed E-state index contributed by atoms with van der Waals surface area (Å²) >= 11 is 5.60. The van der Waals surface area contributed by atoms with Crippen LogP contribution in [-0.4, -0.2) is 11.0 Å². The van der Waals surface area contributed by atoms with Crippen LogP contribution in [0.1, 0.15) is 16.7 Å². The van der Waals surface area contributed by atoms with Gasteiger partial charge >= 0.3 is 12.2 Å². The van der Waals surface area contributed by atoms with E-state index in [0.717, 1.165) is 12.1 Å². The lowest BCUT2D eigenvalue weighted by Crippen LogP contribution is -2.20. The van der Waals surface area contributed by atoms with Gasteiger partial charge in [-0.25, -0.2) is 9.78 Å². The predicted octanol–water partition coefficient (Wildman–Crippen LogP) is 5.97.